The molecule has 1 rings (SSSR count). The summed E-state index contributed by atoms with van der Waals surface area (Å²) in [5.74, 6) is 0. The zero-order valence-electron chi connectivity index (χ0n) is 10.7. The van der Waals surface area contributed by atoms with Gasteiger partial charge in [-0.2, -0.15) is 5.26 Å². The second-order valence-corrected chi connectivity index (χ2v) is 3.18. The normalized spacial score (nSPS) is 8.68. The molecule has 0 spiro atoms. The zero-order valence-corrected chi connectivity index (χ0v) is 10.7. The summed E-state index contributed by atoms with van der Waals surface area (Å²) >= 11 is 0. The molecule has 0 aliphatic heterocycles. The smallest absolute Gasteiger partial charge is 0.418 e. The van der Waals surface area contributed by atoms with E-state index in [9.17, 15) is 17.3 Å². The molecule has 1 aromatic rings. The highest BCUT2D eigenvalue weighted by Crippen LogP contribution is 2.06. The average Bonchev–Trinajstić information content (AvgIpc) is 2.28. The van der Waals surface area contributed by atoms with Crippen LogP contribution in [-0.2, 0) is 0 Å². The summed E-state index contributed by atoms with van der Waals surface area (Å²) in [6.45, 7) is 1.43. The number of anilines is 1. The number of hydrogen-bond donors (Lipinski definition) is 0. The van der Waals surface area contributed by atoms with Crippen LogP contribution in [0.4, 0.5) is 23.0 Å². The van der Waals surface area contributed by atoms with Crippen molar-refractivity contribution in [3.63, 3.8) is 0 Å². The van der Waals surface area contributed by atoms with Gasteiger partial charge in [0.05, 0.1) is 6.07 Å². The molecule has 0 bridgehead atoms. The standard InChI is InChI=1S/C8H10N3.C2H3N.BF4/c1-10(2)8-3-5-11(7-9)6-4-8;1-2-3;2-1(3,4)5/h3-6H,1-2H3;1H3;/q+1;;-1. The Balaban J connectivity index is 0. The molecule has 0 N–H and O–H groups in total. The Morgan fingerprint density at radius 3 is 1.63 bits per heavy atom. The predicted molar refractivity (Wildman–Crippen MR) is 63.4 cm³/mol. The molecule has 0 saturated carbocycles. The fourth-order valence-corrected chi connectivity index (χ4v) is 0.783. The van der Waals surface area contributed by atoms with Crippen LogP contribution in [0.15, 0.2) is 24.5 Å². The molecular weight excluding hydrogens is 263 g/mol. The predicted octanol–water partition coefficient (Wildman–Crippen LogP) is 2.20. The maximum Gasteiger partial charge on any atom is 0.673 e. The summed E-state index contributed by atoms with van der Waals surface area (Å²) < 4.78 is 40.5. The number of nitriles is 2. The summed E-state index contributed by atoms with van der Waals surface area (Å²) in [5, 5.41) is 15.8. The lowest BCUT2D eigenvalue weighted by Crippen LogP contribution is -2.26. The second-order valence-electron chi connectivity index (χ2n) is 3.18. The first-order valence-electron chi connectivity index (χ1n) is 4.92. The van der Waals surface area contributed by atoms with Crippen molar-refractivity contribution < 1.29 is 21.8 Å². The van der Waals surface area contributed by atoms with Crippen LogP contribution in [0, 0.1) is 22.8 Å². The summed E-state index contributed by atoms with van der Waals surface area (Å²) in [7, 11) is -2.07. The van der Waals surface area contributed by atoms with Gasteiger partial charge in [0.25, 0.3) is 0 Å². The largest absolute Gasteiger partial charge is 0.673 e. The van der Waals surface area contributed by atoms with E-state index in [-0.39, 0.29) is 0 Å². The van der Waals surface area contributed by atoms with E-state index in [0.29, 0.717) is 0 Å². The molecule has 0 radical (unpaired) electrons. The minimum atomic E-state index is -6.00. The van der Waals surface area contributed by atoms with Crippen molar-refractivity contribution in [3.8, 4) is 12.3 Å². The highest BCUT2D eigenvalue weighted by molar-refractivity contribution is 6.50. The summed E-state index contributed by atoms with van der Waals surface area (Å²) in [5.41, 5.74) is 1.09. The van der Waals surface area contributed by atoms with Crippen LogP contribution in [0.25, 0.3) is 0 Å². The van der Waals surface area contributed by atoms with E-state index in [2.05, 4.69) is 0 Å². The van der Waals surface area contributed by atoms with E-state index in [4.69, 9.17) is 10.5 Å². The number of aromatic nitrogens is 1. The van der Waals surface area contributed by atoms with Gasteiger partial charge in [-0.25, -0.2) is 0 Å². The van der Waals surface area contributed by atoms with Crippen molar-refractivity contribution in [1.29, 1.82) is 10.5 Å². The molecule has 0 fully saturated rings. The molecule has 0 aliphatic rings. The molecule has 0 saturated heterocycles. The van der Waals surface area contributed by atoms with Crippen molar-refractivity contribution in [2.24, 2.45) is 0 Å². The Bertz CT molecular complexity index is 425. The van der Waals surface area contributed by atoms with Crippen LogP contribution in [0.3, 0.4) is 0 Å². The molecule has 0 amide bonds. The number of hydrogen-bond acceptors (Lipinski definition) is 3. The van der Waals surface area contributed by atoms with Crippen molar-refractivity contribution in [1.82, 2.24) is 0 Å². The Morgan fingerprint density at radius 2 is 1.42 bits per heavy atom. The molecule has 19 heavy (non-hydrogen) atoms. The maximum absolute atomic E-state index is 9.75. The van der Waals surface area contributed by atoms with Gasteiger partial charge in [-0.15, -0.1) is 4.57 Å². The van der Waals surface area contributed by atoms with E-state index in [1.807, 2.05) is 37.3 Å². The quantitative estimate of drug-likeness (QED) is 0.449. The molecule has 9 heteroatoms. The van der Waals surface area contributed by atoms with Gasteiger partial charge in [0.15, 0.2) is 5.26 Å². The van der Waals surface area contributed by atoms with Gasteiger partial charge in [-0.05, 0) is 0 Å². The molecule has 104 valence electrons. The van der Waals surface area contributed by atoms with Crippen LogP contribution in [0.5, 0.6) is 0 Å². The van der Waals surface area contributed by atoms with E-state index < -0.39 is 7.25 Å². The van der Waals surface area contributed by atoms with Crippen LogP contribution < -0.4 is 9.47 Å². The van der Waals surface area contributed by atoms with Crippen LogP contribution in [-0.4, -0.2) is 21.3 Å². The Morgan fingerprint density at radius 1 is 1.11 bits per heavy atom. The van der Waals surface area contributed by atoms with Gasteiger partial charge in [-0.3, -0.25) is 0 Å². The van der Waals surface area contributed by atoms with Gasteiger partial charge < -0.3 is 22.2 Å². The third-order valence-electron chi connectivity index (χ3n) is 1.44. The molecule has 0 unspecified atom stereocenters. The molecule has 0 aliphatic carbocycles. The van der Waals surface area contributed by atoms with Crippen molar-refractivity contribution in [2.75, 3.05) is 19.0 Å². The number of rotatable bonds is 1. The monoisotopic (exact) mass is 276 g/mol. The topological polar surface area (TPSA) is 54.7 Å². The first-order valence-corrected chi connectivity index (χ1v) is 4.92. The second kappa shape index (κ2) is 9.72. The third kappa shape index (κ3) is 15.7. The van der Waals surface area contributed by atoms with Gasteiger partial charge in [0.2, 0.25) is 0 Å². The molecule has 4 nitrogen and oxygen atoms in total. The number of pyridine rings is 1. The maximum atomic E-state index is 9.75. The first kappa shape index (κ1) is 19.1. The van der Waals surface area contributed by atoms with Gasteiger partial charge in [-0.1, -0.05) is 0 Å². The van der Waals surface area contributed by atoms with E-state index in [0.717, 1.165) is 5.69 Å². The third-order valence-corrected chi connectivity index (χ3v) is 1.44. The van der Waals surface area contributed by atoms with Crippen molar-refractivity contribution in [2.45, 2.75) is 6.92 Å². The summed E-state index contributed by atoms with van der Waals surface area (Å²) in [4.78, 5) is 1.99. The Hall–Kier alpha value is -2.29. The molecule has 0 aromatic carbocycles. The van der Waals surface area contributed by atoms with Crippen molar-refractivity contribution in [3.05, 3.63) is 24.5 Å². The van der Waals surface area contributed by atoms with E-state index >= 15 is 0 Å². The molecule has 1 aromatic heterocycles. The molecule has 1 heterocycles. The van der Waals surface area contributed by atoms with Crippen molar-refractivity contribution >= 4 is 12.9 Å². The fourth-order valence-electron chi connectivity index (χ4n) is 0.783. The minimum Gasteiger partial charge on any atom is -0.418 e. The van der Waals surface area contributed by atoms with Gasteiger partial charge in [0, 0.05) is 38.8 Å². The Kier molecular flexibility index (Phi) is 9.75. The van der Waals surface area contributed by atoms with Gasteiger partial charge in [0.1, 0.15) is 12.4 Å². The van der Waals surface area contributed by atoms with Crippen LogP contribution in [0.1, 0.15) is 6.92 Å². The number of halogens is 4. The first-order chi connectivity index (χ1) is 8.65. The van der Waals surface area contributed by atoms with E-state index in [1.165, 1.54) is 11.5 Å². The van der Waals surface area contributed by atoms with Gasteiger partial charge >= 0.3 is 13.4 Å². The average molecular weight is 276 g/mol. The Labute approximate surface area is 109 Å². The SMILES string of the molecule is CC#N.CN(C)c1cc[n+](C#N)cc1.F[B-](F)(F)F. The lowest BCUT2D eigenvalue weighted by molar-refractivity contribution is -0.586. The fraction of sp³-hybridized carbons (Fsp3) is 0.300. The minimum absolute atomic E-state index is 1.09. The molecule has 0 atom stereocenters. The molecular formula is C10H13BF4N4. The lowest BCUT2D eigenvalue weighted by Gasteiger charge is -2.09. The highest BCUT2D eigenvalue weighted by Gasteiger charge is 2.20. The zero-order chi connectivity index (χ0) is 15.5. The van der Waals surface area contributed by atoms with E-state index in [1.54, 1.807) is 18.5 Å². The summed E-state index contributed by atoms with van der Waals surface area (Å²) in [6.07, 6.45) is 5.45. The summed E-state index contributed by atoms with van der Waals surface area (Å²) in [6, 6.07) is 5.53. The lowest BCUT2D eigenvalue weighted by atomic mass is 10.3. The number of nitrogens with zero attached hydrogens (tertiary/aromatic N) is 4. The highest BCUT2D eigenvalue weighted by atomic mass is 19.5. The van der Waals surface area contributed by atoms with Crippen LogP contribution in [0.2, 0.25) is 0 Å². The van der Waals surface area contributed by atoms with Crippen LogP contribution >= 0.6 is 0 Å².